The molecule has 0 aliphatic heterocycles. The summed E-state index contributed by atoms with van der Waals surface area (Å²) < 4.78 is 8.13. The number of rotatable bonds is 5. The fraction of sp³-hybridized carbons (Fsp3) is 0.0870. The molecule has 4 aromatic rings. The zero-order valence-electron chi connectivity index (χ0n) is 15.7. The van der Waals surface area contributed by atoms with Crippen LogP contribution in [0.1, 0.15) is 18.4 Å². The molecule has 0 aliphatic rings. The number of ether oxygens (including phenoxy) is 1. The molecule has 2 heterocycles. The van der Waals surface area contributed by atoms with Crippen molar-refractivity contribution in [1.82, 2.24) is 14.5 Å². The summed E-state index contributed by atoms with van der Waals surface area (Å²) in [5.41, 5.74) is 2.08. The van der Waals surface area contributed by atoms with Gasteiger partial charge in [0.25, 0.3) is 5.56 Å². The fourth-order valence-electron chi connectivity index (χ4n) is 3.03. The van der Waals surface area contributed by atoms with Crippen LogP contribution in [0.5, 0.6) is 5.75 Å². The highest BCUT2D eigenvalue weighted by atomic mass is 127. The average molecular weight is 495 g/mol. The molecule has 0 saturated carbocycles. The van der Waals surface area contributed by atoms with Gasteiger partial charge in [0.05, 0.1) is 28.9 Å². The molecular weight excluding hydrogens is 477 g/mol. The number of hydrogen-bond donors (Lipinski definition) is 0. The summed E-state index contributed by atoms with van der Waals surface area (Å²) in [6, 6.07) is 18.8. The molecule has 4 rings (SSSR count). The Morgan fingerprint density at radius 2 is 1.90 bits per heavy atom. The van der Waals surface area contributed by atoms with E-state index >= 15 is 0 Å². The first-order valence-corrected chi connectivity index (χ1v) is 10.3. The molecule has 0 fully saturated rings. The molecule has 6 heteroatoms. The second-order valence-electron chi connectivity index (χ2n) is 6.29. The number of hydrogen-bond acceptors (Lipinski definition) is 4. The van der Waals surface area contributed by atoms with Gasteiger partial charge in [-0.15, -0.1) is 0 Å². The molecule has 2 aromatic carbocycles. The Bertz CT molecular complexity index is 1230. The SMILES string of the molecule is CCOc1ccc(-n2c(C=Cc3ccccn3)nc3ccc(I)cc3c2=O)cc1. The standard InChI is InChI=1S/C23H18IN3O2/c1-2-29-19-10-8-18(9-11-19)27-22(13-7-17-5-3-4-14-25-17)26-21-12-6-16(24)15-20(21)23(27)28/h3-15H,2H2,1H3. The first kappa shape index (κ1) is 19.3. The zero-order chi connectivity index (χ0) is 20.2. The van der Waals surface area contributed by atoms with Crippen molar-refractivity contribution in [2.45, 2.75) is 6.92 Å². The molecular formula is C23H18IN3O2. The summed E-state index contributed by atoms with van der Waals surface area (Å²) in [6.45, 7) is 2.53. The Morgan fingerprint density at radius 1 is 1.07 bits per heavy atom. The molecule has 2 aromatic heterocycles. The van der Waals surface area contributed by atoms with Crippen molar-refractivity contribution in [3.8, 4) is 11.4 Å². The molecule has 0 spiro atoms. The average Bonchev–Trinajstić information content (AvgIpc) is 2.75. The van der Waals surface area contributed by atoms with Gasteiger partial charge in [0, 0.05) is 9.77 Å². The minimum absolute atomic E-state index is 0.113. The molecule has 0 saturated heterocycles. The highest BCUT2D eigenvalue weighted by Gasteiger charge is 2.12. The smallest absolute Gasteiger partial charge is 0.266 e. The number of pyridine rings is 1. The summed E-state index contributed by atoms with van der Waals surface area (Å²) in [7, 11) is 0. The monoisotopic (exact) mass is 495 g/mol. The Labute approximate surface area is 181 Å². The van der Waals surface area contributed by atoms with Gasteiger partial charge in [-0.2, -0.15) is 0 Å². The first-order chi connectivity index (χ1) is 14.2. The third-order valence-corrected chi connectivity index (χ3v) is 5.02. The summed E-state index contributed by atoms with van der Waals surface area (Å²) in [5, 5.41) is 0.584. The van der Waals surface area contributed by atoms with Crippen molar-refractivity contribution in [2.24, 2.45) is 0 Å². The van der Waals surface area contributed by atoms with Gasteiger partial charge in [0.1, 0.15) is 11.6 Å². The lowest BCUT2D eigenvalue weighted by Crippen LogP contribution is -2.22. The lowest BCUT2D eigenvalue weighted by atomic mass is 10.2. The van der Waals surface area contributed by atoms with Crippen LogP contribution in [0.15, 0.2) is 71.7 Å². The van der Waals surface area contributed by atoms with E-state index in [1.807, 2.05) is 79.7 Å². The Morgan fingerprint density at radius 3 is 2.62 bits per heavy atom. The molecule has 5 nitrogen and oxygen atoms in total. The molecule has 0 radical (unpaired) electrons. The number of fused-ring (bicyclic) bond motifs is 1. The second kappa shape index (κ2) is 8.57. The van der Waals surface area contributed by atoms with Crippen molar-refractivity contribution in [1.29, 1.82) is 0 Å². The maximum atomic E-state index is 13.4. The van der Waals surface area contributed by atoms with Crippen LogP contribution in [0.25, 0.3) is 28.7 Å². The van der Waals surface area contributed by atoms with Crippen molar-refractivity contribution >= 4 is 45.6 Å². The van der Waals surface area contributed by atoms with Crippen LogP contribution in [0.3, 0.4) is 0 Å². The quantitative estimate of drug-likeness (QED) is 0.368. The van der Waals surface area contributed by atoms with Crippen molar-refractivity contribution in [2.75, 3.05) is 6.61 Å². The van der Waals surface area contributed by atoms with Gasteiger partial charge in [0.2, 0.25) is 0 Å². The largest absolute Gasteiger partial charge is 0.494 e. The highest BCUT2D eigenvalue weighted by molar-refractivity contribution is 14.1. The van der Waals surface area contributed by atoms with Crippen LogP contribution in [0.2, 0.25) is 0 Å². The van der Waals surface area contributed by atoms with Gasteiger partial charge in [-0.1, -0.05) is 6.07 Å². The molecule has 0 unspecified atom stereocenters. The third-order valence-electron chi connectivity index (χ3n) is 4.35. The van der Waals surface area contributed by atoms with Gasteiger partial charge in [-0.25, -0.2) is 4.98 Å². The molecule has 0 bridgehead atoms. The van der Waals surface area contributed by atoms with E-state index in [1.54, 1.807) is 10.8 Å². The van der Waals surface area contributed by atoms with Crippen molar-refractivity contribution in [3.63, 3.8) is 0 Å². The van der Waals surface area contributed by atoms with E-state index in [1.165, 1.54) is 0 Å². The van der Waals surface area contributed by atoms with Crippen LogP contribution >= 0.6 is 22.6 Å². The predicted octanol–water partition coefficient (Wildman–Crippen LogP) is 4.95. The van der Waals surface area contributed by atoms with E-state index < -0.39 is 0 Å². The molecule has 0 atom stereocenters. The summed E-state index contributed by atoms with van der Waals surface area (Å²) in [5.74, 6) is 1.30. The number of aromatic nitrogens is 3. The number of halogens is 1. The topological polar surface area (TPSA) is 57.0 Å². The van der Waals surface area contributed by atoms with Gasteiger partial charge in [-0.05, 0) is 96.3 Å². The molecule has 0 amide bonds. The summed E-state index contributed by atoms with van der Waals surface area (Å²) >= 11 is 2.20. The third kappa shape index (κ3) is 4.22. The Kier molecular flexibility index (Phi) is 5.71. The maximum absolute atomic E-state index is 13.4. The maximum Gasteiger partial charge on any atom is 0.266 e. The van der Waals surface area contributed by atoms with Gasteiger partial charge in [0.15, 0.2) is 0 Å². The van der Waals surface area contributed by atoms with E-state index in [-0.39, 0.29) is 5.56 Å². The summed E-state index contributed by atoms with van der Waals surface area (Å²) in [6.07, 6.45) is 5.40. The van der Waals surface area contributed by atoms with Gasteiger partial charge in [-0.3, -0.25) is 14.3 Å². The van der Waals surface area contributed by atoms with E-state index in [2.05, 4.69) is 27.6 Å². The van der Waals surface area contributed by atoms with Gasteiger partial charge < -0.3 is 4.74 Å². The Balaban J connectivity index is 1.90. The van der Waals surface area contributed by atoms with Gasteiger partial charge >= 0.3 is 0 Å². The van der Waals surface area contributed by atoms with Crippen molar-refractivity contribution < 1.29 is 4.74 Å². The first-order valence-electron chi connectivity index (χ1n) is 9.20. The normalized spacial score (nSPS) is 11.2. The van der Waals surface area contributed by atoms with E-state index in [0.29, 0.717) is 23.3 Å². The molecule has 0 aliphatic carbocycles. The highest BCUT2D eigenvalue weighted by Crippen LogP contribution is 2.19. The molecule has 0 N–H and O–H groups in total. The lowest BCUT2D eigenvalue weighted by Gasteiger charge is -2.12. The number of benzene rings is 2. The second-order valence-corrected chi connectivity index (χ2v) is 7.53. The van der Waals surface area contributed by atoms with Crippen LogP contribution < -0.4 is 10.3 Å². The summed E-state index contributed by atoms with van der Waals surface area (Å²) in [4.78, 5) is 22.4. The van der Waals surface area contributed by atoms with E-state index in [0.717, 1.165) is 20.7 Å². The van der Waals surface area contributed by atoms with Crippen LogP contribution in [0, 0.1) is 3.57 Å². The molecule has 144 valence electrons. The Hall–Kier alpha value is -3.00. The minimum Gasteiger partial charge on any atom is -0.494 e. The minimum atomic E-state index is -0.113. The fourth-order valence-corrected chi connectivity index (χ4v) is 3.52. The van der Waals surface area contributed by atoms with Crippen molar-refractivity contribution in [3.05, 3.63) is 92.3 Å². The van der Waals surface area contributed by atoms with E-state index in [9.17, 15) is 4.79 Å². The van der Waals surface area contributed by atoms with Crippen LogP contribution in [-0.4, -0.2) is 21.1 Å². The van der Waals surface area contributed by atoms with Crippen LogP contribution in [-0.2, 0) is 0 Å². The number of nitrogens with zero attached hydrogens (tertiary/aromatic N) is 3. The van der Waals surface area contributed by atoms with Crippen LogP contribution in [0.4, 0.5) is 0 Å². The zero-order valence-corrected chi connectivity index (χ0v) is 17.9. The lowest BCUT2D eigenvalue weighted by molar-refractivity contribution is 0.340. The molecule has 29 heavy (non-hydrogen) atoms. The van der Waals surface area contributed by atoms with E-state index in [4.69, 9.17) is 9.72 Å². The predicted molar refractivity (Wildman–Crippen MR) is 124 cm³/mol.